The van der Waals surface area contributed by atoms with E-state index < -0.39 is 5.97 Å². The number of carboxylic acids is 1. The molecule has 1 aliphatic rings. The van der Waals surface area contributed by atoms with Gasteiger partial charge in [-0.05, 0) is 17.2 Å². The number of aromatic carboxylic acids is 1. The fourth-order valence-corrected chi connectivity index (χ4v) is 1.51. The molecule has 0 fully saturated rings. The first kappa shape index (κ1) is 10.3. The monoisotopic (exact) mass is 214 g/mol. The van der Waals surface area contributed by atoms with Crippen LogP contribution in [0, 0.1) is 0 Å². The van der Waals surface area contributed by atoms with Crippen molar-refractivity contribution >= 4 is 24.0 Å². The largest absolute Gasteiger partial charge is 0.478 e. The van der Waals surface area contributed by atoms with E-state index in [0.29, 0.717) is 12.1 Å². The van der Waals surface area contributed by atoms with E-state index in [1.165, 1.54) is 0 Å². The Balaban J connectivity index is 2.47. The molecule has 0 aromatic heterocycles. The molecule has 4 nitrogen and oxygen atoms in total. The molecule has 0 saturated carbocycles. The predicted octanol–water partition coefficient (Wildman–Crippen LogP) is 1.88. The highest BCUT2D eigenvalue weighted by atomic mass is 16.4. The molecular weight excluding hydrogens is 204 g/mol. The van der Waals surface area contributed by atoms with Gasteiger partial charge in [-0.3, -0.25) is 9.98 Å². The van der Waals surface area contributed by atoms with Crippen LogP contribution in [0.4, 0.5) is 0 Å². The molecule has 1 N–H and O–H groups in total. The first-order valence-corrected chi connectivity index (χ1v) is 4.82. The minimum atomic E-state index is -0.936. The second-order valence-electron chi connectivity index (χ2n) is 3.29. The van der Waals surface area contributed by atoms with Crippen LogP contribution in [0.3, 0.4) is 0 Å². The van der Waals surface area contributed by atoms with Crippen molar-refractivity contribution in [3.63, 3.8) is 0 Å². The molecule has 1 aliphatic heterocycles. The molecule has 0 saturated heterocycles. The summed E-state index contributed by atoms with van der Waals surface area (Å²) in [4.78, 5) is 19.1. The summed E-state index contributed by atoms with van der Waals surface area (Å²) in [6, 6.07) is 6.86. The molecule has 4 heteroatoms. The molecule has 1 heterocycles. The summed E-state index contributed by atoms with van der Waals surface area (Å²) in [6.07, 6.45) is 4.83. The van der Waals surface area contributed by atoms with Gasteiger partial charge < -0.3 is 5.11 Å². The van der Waals surface area contributed by atoms with E-state index in [9.17, 15) is 4.79 Å². The van der Waals surface area contributed by atoms with Gasteiger partial charge in [-0.2, -0.15) is 0 Å². The molecular formula is C12H10N2O2. The Morgan fingerprint density at radius 3 is 2.88 bits per heavy atom. The number of aliphatic imine (C=N–C) groups is 2. The minimum absolute atomic E-state index is 0.279. The Morgan fingerprint density at radius 2 is 2.06 bits per heavy atom. The Hall–Kier alpha value is -2.23. The summed E-state index contributed by atoms with van der Waals surface area (Å²) < 4.78 is 0. The van der Waals surface area contributed by atoms with Crippen LogP contribution in [0.25, 0.3) is 5.57 Å². The molecule has 1 aromatic carbocycles. The SMILES string of the molecule is O=C(O)c1ccccc1C1=CN=CC=NC1. The summed E-state index contributed by atoms with van der Waals surface area (Å²) in [6.45, 7) is 0.449. The van der Waals surface area contributed by atoms with Gasteiger partial charge in [0.25, 0.3) is 0 Å². The lowest BCUT2D eigenvalue weighted by Crippen LogP contribution is -2.02. The minimum Gasteiger partial charge on any atom is -0.478 e. The summed E-state index contributed by atoms with van der Waals surface area (Å²) in [5.74, 6) is -0.936. The summed E-state index contributed by atoms with van der Waals surface area (Å²) in [7, 11) is 0. The number of carboxylic acid groups (broad SMARTS) is 1. The van der Waals surface area contributed by atoms with E-state index in [1.807, 2.05) is 0 Å². The van der Waals surface area contributed by atoms with Crippen molar-refractivity contribution in [1.29, 1.82) is 0 Å². The molecule has 0 spiro atoms. The lowest BCUT2D eigenvalue weighted by atomic mass is 10.0. The third-order valence-corrected chi connectivity index (χ3v) is 2.25. The Kier molecular flexibility index (Phi) is 2.91. The van der Waals surface area contributed by atoms with Crippen LogP contribution < -0.4 is 0 Å². The number of carbonyl (C=O) groups is 1. The maximum Gasteiger partial charge on any atom is 0.336 e. The van der Waals surface area contributed by atoms with Crippen LogP contribution in [0.5, 0.6) is 0 Å². The van der Waals surface area contributed by atoms with E-state index in [4.69, 9.17) is 5.11 Å². The molecule has 80 valence electrons. The van der Waals surface area contributed by atoms with Crippen LogP contribution in [0.2, 0.25) is 0 Å². The van der Waals surface area contributed by atoms with Gasteiger partial charge in [0.2, 0.25) is 0 Å². The third-order valence-electron chi connectivity index (χ3n) is 2.25. The zero-order valence-corrected chi connectivity index (χ0v) is 8.50. The van der Waals surface area contributed by atoms with Gasteiger partial charge >= 0.3 is 5.97 Å². The highest BCUT2D eigenvalue weighted by Crippen LogP contribution is 2.20. The van der Waals surface area contributed by atoms with E-state index >= 15 is 0 Å². The first-order valence-electron chi connectivity index (χ1n) is 4.82. The van der Waals surface area contributed by atoms with Crippen LogP contribution in [0.1, 0.15) is 15.9 Å². The van der Waals surface area contributed by atoms with Crippen molar-refractivity contribution in [2.45, 2.75) is 0 Å². The molecule has 0 unspecified atom stereocenters. The molecule has 1 aromatic rings. The summed E-state index contributed by atoms with van der Waals surface area (Å²) in [5.41, 5.74) is 1.76. The number of hydrogen-bond donors (Lipinski definition) is 1. The van der Waals surface area contributed by atoms with Gasteiger partial charge in [-0.1, -0.05) is 18.2 Å². The second kappa shape index (κ2) is 4.53. The van der Waals surface area contributed by atoms with Gasteiger partial charge in [-0.15, -0.1) is 0 Å². The average molecular weight is 214 g/mol. The lowest BCUT2D eigenvalue weighted by molar-refractivity contribution is 0.0696. The van der Waals surface area contributed by atoms with E-state index in [0.717, 1.165) is 5.57 Å². The normalized spacial score (nSPS) is 14.4. The highest BCUT2D eigenvalue weighted by molar-refractivity contribution is 6.16. The standard InChI is InChI=1S/C12H10N2O2/c15-12(16)11-4-2-1-3-10(11)9-7-13-5-6-14-8-9/h1-7H,8H2,(H,15,16). The molecule has 0 amide bonds. The van der Waals surface area contributed by atoms with Crippen molar-refractivity contribution in [2.24, 2.45) is 9.98 Å². The van der Waals surface area contributed by atoms with Crippen LogP contribution in [-0.2, 0) is 0 Å². The van der Waals surface area contributed by atoms with Gasteiger partial charge in [0.15, 0.2) is 0 Å². The van der Waals surface area contributed by atoms with Crippen LogP contribution in [-0.4, -0.2) is 30.0 Å². The number of nitrogens with zero attached hydrogens (tertiary/aromatic N) is 2. The number of benzene rings is 1. The molecule has 2 rings (SSSR count). The molecule has 0 atom stereocenters. The van der Waals surface area contributed by atoms with Crippen molar-refractivity contribution in [3.05, 3.63) is 41.6 Å². The van der Waals surface area contributed by atoms with E-state index in [-0.39, 0.29) is 5.56 Å². The van der Waals surface area contributed by atoms with Crippen molar-refractivity contribution in [3.8, 4) is 0 Å². The zero-order chi connectivity index (χ0) is 11.4. The average Bonchev–Trinajstić information content (AvgIpc) is 2.57. The van der Waals surface area contributed by atoms with Crippen molar-refractivity contribution in [1.82, 2.24) is 0 Å². The molecule has 16 heavy (non-hydrogen) atoms. The van der Waals surface area contributed by atoms with Gasteiger partial charge in [0, 0.05) is 18.6 Å². The maximum absolute atomic E-state index is 11.0. The second-order valence-corrected chi connectivity index (χ2v) is 3.29. The Bertz CT molecular complexity index is 501. The predicted molar refractivity (Wildman–Crippen MR) is 63.2 cm³/mol. The van der Waals surface area contributed by atoms with Crippen molar-refractivity contribution in [2.75, 3.05) is 6.54 Å². The van der Waals surface area contributed by atoms with Crippen molar-refractivity contribution < 1.29 is 9.90 Å². The summed E-state index contributed by atoms with van der Waals surface area (Å²) >= 11 is 0. The fraction of sp³-hybridized carbons (Fsp3) is 0.0833. The number of hydrogen-bond acceptors (Lipinski definition) is 3. The third kappa shape index (κ3) is 2.06. The topological polar surface area (TPSA) is 62.0 Å². The quantitative estimate of drug-likeness (QED) is 0.817. The molecule has 0 aliphatic carbocycles. The maximum atomic E-state index is 11.0. The lowest BCUT2D eigenvalue weighted by Gasteiger charge is -2.06. The Labute approximate surface area is 92.7 Å². The summed E-state index contributed by atoms with van der Waals surface area (Å²) in [5, 5.41) is 9.06. The van der Waals surface area contributed by atoms with Gasteiger partial charge in [0.1, 0.15) is 0 Å². The first-order chi connectivity index (χ1) is 7.79. The Morgan fingerprint density at radius 1 is 1.25 bits per heavy atom. The zero-order valence-electron chi connectivity index (χ0n) is 8.50. The van der Waals surface area contributed by atoms with E-state index in [1.54, 1.807) is 42.9 Å². The fourth-order valence-electron chi connectivity index (χ4n) is 1.51. The van der Waals surface area contributed by atoms with Gasteiger partial charge in [-0.25, -0.2) is 4.79 Å². The smallest absolute Gasteiger partial charge is 0.336 e. The highest BCUT2D eigenvalue weighted by Gasteiger charge is 2.12. The van der Waals surface area contributed by atoms with Crippen LogP contribution in [0.15, 0.2) is 40.5 Å². The van der Waals surface area contributed by atoms with E-state index in [2.05, 4.69) is 9.98 Å². The number of rotatable bonds is 2. The molecule has 0 radical (unpaired) electrons. The molecule has 0 bridgehead atoms. The van der Waals surface area contributed by atoms with Gasteiger partial charge in [0.05, 0.1) is 12.1 Å². The van der Waals surface area contributed by atoms with Crippen LogP contribution >= 0.6 is 0 Å².